The number of aryl methyl sites for hydroxylation is 2. The first-order chi connectivity index (χ1) is 15.6. The first-order valence-corrected chi connectivity index (χ1v) is 10.8. The minimum atomic E-state index is -0.0389. The van der Waals surface area contributed by atoms with Crippen LogP contribution in [0.15, 0.2) is 91.4 Å². The maximum Gasteiger partial charge on any atom is 0.251 e. The van der Waals surface area contributed by atoms with Crippen molar-refractivity contribution in [3.8, 4) is 11.1 Å². The molecule has 0 fully saturated rings. The molecule has 0 bridgehead atoms. The molecule has 162 valence electrons. The Morgan fingerprint density at radius 3 is 2.31 bits per heavy atom. The van der Waals surface area contributed by atoms with E-state index in [-0.39, 0.29) is 5.91 Å². The van der Waals surface area contributed by atoms with Crippen molar-refractivity contribution < 1.29 is 4.79 Å². The molecule has 4 rings (SSSR count). The Labute approximate surface area is 189 Å². The predicted octanol–water partition coefficient (Wildman–Crippen LogP) is 4.83. The van der Waals surface area contributed by atoms with Gasteiger partial charge in [-0.3, -0.25) is 4.79 Å². The summed E-state index contributed by atoms with van der Waals surface area (Å²) in [4.78, 5) is 19.1. The Balaban J connectivity index is 1.48. The molecule has 1 amide bonds. The van der Waals surface area contributed by atoms with Crippen LogP contribution in [-0.2, 0) is 13.6 Å². The summed E-state index contributed by atoms with van der Waals surface area (Å²) in [7, 11) is 2.00. The SMILES string of the molecule is Cc1ccccc1C(=O)NCCN(Cc1cncn1C)c1ccc(-c2ccccc2)cc1. The van der Waals surface area contributed by atoms with Gasteiger partial charge in [0.15, 0.2) is 0 Å². The summed E-state index contributed by atoms with van der Waals surface area (Å²) in [5.74, 6) is -0.0389. The van der Waals surface area contributed by atoms with Crippen LogP contribution in [0.2, 0.25) is 0 Å². The highest BCUT2D eigenvalue weighted by Gasteiger charge is 2.12. The van der Waals surface area contributed by atoms with E-state index in [9.17, 15) is 4.79 Å². The van der Waals surface area contributed by atoms with Crippen LogP contribution in [0.5, 0.6) is 0 Å². The first-order valence-electron chi connectivity index (χ1n) is 10.8. The highest BCUT2D eigenvalue weighted by atomic mass is 16.1. The maximum absolute atomic E-state index is 12.6. The Morgan fingerprint density at radius 2 is 1.62 bits per heavy atom. The van der Waals surface area contributed by atoms with Crippen LogP contribution >= 0.6 is 0 Å². The average Bonchev–Trinajstić information content (AvgIpc) is 3.23. The molecule has 1 heterocycles. The van der Waals surface area contributed by atoms with Crippen LogP contribution in [0.25, 0.3) is 11.1 Å². The fraction of sp³-hybridized carbons (Fsp3) is 0.185. The van der Waals surface area contributed by atoms with Gasteiger partial charge in [0.2, 0.25) is 0 Å². The molecular weight excluding hydrogens is 396 g/mol. The van der Waals surface area contributed by atoms with E-state index in [1.54, 1.807) is 0 Å². The summed E-state index contributed by atoms with van der Waals surface area (Å²) in [5, 5.41) is 3.07. The minimum absolute atomic E-state index is 0.0389. The topological polar surface area (TPSA) is 50.2 Å². The number of nitrogens with zero attached hydrogens (tertiary/aromatic N) is 3. The largest absolute Gasteiger partial charge is 0.364 e. The van der Waals surface area contributed by atoms with Gasteiger partial charge in [0.25, 0.3) is 5.91 Å². The molecular formula is C27H28N4O. The predicted molar refractivity (Wildman–Crippen MR) is 130 cm³/mol. The molecule has 32 heavy (non-hydrogen) atoms. The molecule has 1 N–H and O–H groups in total. The summed E-state index contributed by atoms with van der Waals surface area (Å²) in [6.45, 7) is 3.90. The summed E-state index contributed by atoms with van der Waals surface area (Å²) in [6.07, 6.45) is 3.70. The molecule has 3 aromatic carbocycles. The maximum atomic E-state index is 12.6. The highest BCUT2D eigenvalue weighted by molar-refractivity contribution is 5.95. The molecule has 0 aliphatic carbocycles. The second-order valence-electron chi connectivity index (χ2n) is 7.90. The molecule has 0 atom stereocenters. The van der Waals surface area contributed by atoms with E-state index < -0.39 is 0 Å². The van der Waals surface area contributed by atoms with Crippen molar-refractivity contribution >= 4 is 11.6 Å². The van der Waals surface area contributed by atoms with E-state index in [2.05, 4.69) is 63.7 Å². The quantitative estimate of drug-likeness (QED) is 0.441. The molecule has 0 radical (unpaired) electrons. The molecule has 1 aromatic heterocycles. The number of aromatic nitrogens is 2. The second kappa shape index (κ2) is 9.96. The number of carbonyl (C=O) groups is 1. The number of hydrogen-bond donors (Lipinski definition) is 1. The van der Waals surface area contributed by atoms with Crippen LogP contribution in [-0.4, -0.2) is 28.5 Å². The number of carbonyl (C=O) groups excluding carboxylic acids is 1. The first kappa shape index (κ1) is 21.4. The van der Waals surface area contributed by atoms with Crippen LogP contribution in [0, 0.1) is 6.92 Å². The Kier molecular flexibility index (Phi) is 6.66. The monoisotopic (exact) mass is 424 g/mol. The van der Waals surface area contributed by atoms with Crippen LogP contribution in [0.1, 0.15) is 21.6 Å². The van der Waals surface area contributed by atoms with E-state index in [1.807, 2.05) is 61.4 Å². The van der Waals surface area contributed by atoms with E-state index in [4.69, 9.17) is 0 Å². The van der Waals surface area contributed by atoms with E-state index >= 15 is 0 Å². The van der Waals surface area contributed by atoms with Crippen molar-refractivity contribution in [2.75, 3.05) is 18.0 Å². The minimum Gasteiger partial charge on any atom is -0.364 e. The lowest BCUT2D eigenvalue weighted by Crippen LogP contribution is -2.35. The second-order valence-corrected chi connectivity index (χ2v) is 7.90. The van der Waals surface area contributed by atoms with E-state index in [0.717, 1.165) is 22.5 Å². The van der Waals surface area contributed by atoms with E-state index in [0.29, 0.717) is 19.6 Å². The number of rotatable bonds is 8. The highest BCUT2D eigenvalue weighted by Crippen LogP contribution is 2.24. The Hall–Kier alpha value is -3.86. The summed E-state index contributed by atoms with van der Waals surface area (Å²) < 4.78 is 2.03. The van der Waals surface area contributed by atoms with Crippen molar-refractivity contribution in [3.05, 3.63) is 108 Å². The summed E-state index contributed by atoms with van der Waals surface area (Å²) in [5.41, 5.74) is 6.30. The number of benzene rings is 3. The smallest absolute Gasteiger partial charge is 0.251 e. The molecule has 0 aliphatic heterocycles. The molecule has 0 saturated carbocycles. The average molecular weight is 425 g/mol. The Bertz CT molecular complexity index is 1170. The molecule has 4 aromatic rings. The van der Waals surface area contributed by atoms with Gasteiger partial charge < -0.3 is 14.8 Å². The molecule has 0 spiro atoms. The third-order valence-corrected chi connectivity index (χ3v) is 5.67. The van der Waals surface area contributed by atoms with Gasteiger partial charge >= 0.3 is 0 Å². The van der Waals surface area contributed by atoms with Crippen molar-refractivity contribution in [2.45, 2.75) is 13.5 Å². The van der Waals surface area contributed by atoms with Crippen molar-refractivity contribution in [1.82, 2.24) is 14.9 Å². The lowest BCUT2D eigenvalue weighted by atomic mass is 10.1. The van der Waals surface area contributed by atoms with Gasteiger partial charge in [-0.1, -0.05) is 60.7 Å². The third-order valence-electron chi connectivity index (χ3n) is 5.67. The number of nitrogens with one attached hydrogen (secondary N) is 1. The standard InChI is InChI=1S/C27H28N4O/c1-21-8-6-7-11-26(21)27(32)29-16-17-31(19-25-18-28-20-30(25)2)24-14-12-23(13-15-24)22-9-4-3-5-10-22/h3-15,18,20H,16-17,19H2,1-2H3,(H,29,32). The lowest BCUT2D eigenvalue weighted by Gasteiger charge is -2.25. The van der Waals surface area contributed by atoms with Crippen LogP contribution in [0.4, 0.5) is 5.69 Å². The number of anilines is 1. The lowest BCUT2D eigenvalue weighted by molar-refractivity contribution is 0.0954. The summed E-state index contributed by atoms with van der Waals surface area (Å²) >= 11 is 0. The van der Waals surface area contributed by atoms with Crippen molar-refractivity contribution in [3.63, 3.8) is 0 Å². The zero-order valence-electron chi connectivity index (χ0n) is 18.5. The number of amides is 1. The Morgan fingerprint density at radius 1 is 0.938 bits per heavy atom. The zero-order chi connectivity index (χ0) is 22.3. The molecule has 0 saturated heterocycles. The van der Waals surface area contributed by atoms with Crippen LogP contribution in [0.3, 0.4) is 0 Å². The van der Waals surface area contributed by atoms with Gasteiger partial charge in [-0.05, 0) is 41.8 Å². The van der Waals surface area contributed by atoms with Gasteiger partial charge in [0.05, 0.1) is 18.6 Å². The third kappa shape index (κ3) is 5.06. The number of imidazole rings is 1. The molecule has 0 aliphatic rings. The van der Waals surface area contributed by atoms with Gasteiger partial charge in [-0.2, -0.15) is 0 Å². The molecule has 5 heteroatoms. The van der Waals surface area contributed by atoms with Crippen molar-refractivity contribution in [1.29, 1.82) is 0 Å². The molecule has 5 nitrogen and oxygen atoms in total. The summed E-state index contributed by atoms with van der Waals surface area (Å²) in [6, 6.07) is 26.6. The molecule has 0 unspecified atom stereocenters. The van der Waals surface area contributed by atoms with Crippen molar-refractivity contribution in [2.24, 2.45) is 7.05 Å². The number of hydrogen-bond acceptors (Lipinski definition) is 3. The van der Waals surface area contributed by atoms with Gasteiger partial charge in [-0.25, -0.2) is 4.98 Å². The fourth-order valence-electron chi connectivity index (χ4n) is 3.75. The van der Waals surface area contributed by atoms with Gasteiger partial charge in [0.1, 0.15) is 0 Å². The normalized spacial score (nSPS) is 10.7. The van der Waals surface area contributed by atoms with Crippen LogP contribution < -0.4 is 10.2 Å². The van der Waals surface area contributed by atoms with Gasteiger partial charge in [-0.15, -0.1) is 0 Å². The fourth-order valence-corrected chi connectivity index (χ4v) is 3.75. The van der Waals surface area contributed by atoms with E-state index in [1.165, 1.54) is 11.1 Å². The zero-order valence-corrected chi connectivity index (χ0v) is 18.5. The van der Waals surface area contributed by atoms with Gasteiger partial charge in [0, 0.05) is 37.6 Å².